The summed E-state index contributed by atoms with van der Waals surface area (Å²) in [5.74, 6) is 0.251. The highest BCUT2D eigenvalue weighted by Gasteiger charge is 2.40. The molecule has 0 spiro atoms. The summed E-state index contributed by atoms with van der Waals surface area (Å²) in [6.07, 6.45) is 0.474. The number of amides is 3. The molecule has 0 aliphatic carbocycles. The number of para-hydroxylation sites is 1. The van der Waals surface area contributed by atoms with Crippen molar-refractivity contribution in [3.8, 4) is 11.5 Å². The molecule has 1 aliphatic heterocycles. The number of nitrogens with two attached hydrogens (primary N) is 1. The van der Waals surface area contributed by atoms with E-state index in [1.54, 1.807) is 40.6 Å². The first kappa shape index (κ1) is 28.6. The molecule has 5 N–H and O–H groups in total. The van der Waals surface area contributed by atoms with Crippen molar-refractivity contribution < 1.29 is 19.1 Å². The second-order valence-corrected chi connectivity index (χ2v) is 11.0. The first-order valence-electron chi connectivity index (χ1n) is 13.5. The third-order valence-electron chi connectivity index (χ3n) is 7.09. The van der Waals surface area contributed by atoms with Crippen molar-refractivity contribution in [2.45, 2.75) is 24.9 Å². The lowest BCUT2D eigenvalue weighted by Gasteiger charge is -2.24. The molecule has 0 radical (unpaired) electrons. The maximum absolute atomic E-state index is 13.4. The monoisotopic (exact) mass is 581 g/mol. The molecular formula is C32H31N5O4S. The topological polar surface area (TPSA) is 138 Å². The van der Waals surface area contributed by atoms with Crippen LogP contribution in [0.2, 0.25) is 0 Å². The Morgan fingerprint density at radius 1 is 0.905 bits per heavy atom. The highest BCUT2D eigenvalue weighted by Crippen LogP contribution is 2.32. The minimum Gasteiger partial charge on any atom is -0.457 e. The normalized spacial score (nSPS) is 16.0. The zero-order valence-electron chi connectivity index (χ0n) is 22.8. The summed E-state index contributed by atoms with van der Waals surface area (Å²) in [4.78, 5) is 41.9. The molecule has 1 unspecified atom stereocenters. The van der Waals surface area contributed by atoms with Crippen molar-refractivity contribution in [1.82, 2.24) is 15.5 Å². The van der Waals surface area contributed by atoms with Crippen molar-refractivity contribution in [3.63, 3.8) is 0 Å². The van der Waals surface area contributed by atoms with Crippen LogP contribution >= 0.6 is 11.3 Å². The summed E-state index contributed by atoms with van der Waals surface area (Å²) in [6, 6.07) is 26.9. The highest BCUT2D eigenvalue weighted by molar-refractivity contribution is 7.10. The van der Waals surface area contributed by atoms with Gasteiger partial charge < -0.3 is 26.0 Å². The van der Waals surface area contributed by atoms with Gasteiger partial charge in [0.2, 0.25) is 11.8 Å². The zero-order chi connectivity index (χ0) is 29.5. The van der Waals surface area contributed by atoms with Gasteiger partial charge in [-0.05, 0) is 54.4 Å². The van der Waals surface area contributed by atoms with E-state index in [2.05, 4.69) is 10.6 Å². The summed E-state index contributed by atoms with van der Waals surface area (Å²) in [6.45, 7) is 0.404. The lowest BCUT2D eigenvalue weighted by atomic mass is 9.96. The Kier molecular flexibility index (Phi) is 8.93. The van der Waals surface area contributed by atoms with Crippen LogP contribution in [0.15, 0.2) is 96.4 Å². The molecule has 3 aromatic carbocycles. The minimum absolute atomic E-state index is 0.00943. The van der Waals surface area contributed by atoms with Crippen LogP contribution < -0.4 is 21.1 Å². The molecule has 4 aromatic rings. The Labute approximate surface area is 247 Å². The van der Waals surface area contributed by atoms with Crippen LogP contribution in [0, 0.1) is 5.41 Å². The van der Waals surface area contributed by atoms with Gasteiger partial charge in [0.1, 0.15) is 23.4 Å². The number of likely N-dealkylation sites (tertiary alicyclic amines) is 1. The van der Waals surface area contributed by atoms with Gasteiger partial charge in [0.05, 0.1) is 13.1 Å². The molecule has 2 atom stereocenters. The number of thiophene rings is 1. The quantitative estimate of drug-likeness (QED) is 0.164. The second-order valence-electron chi connectivity index (χ2n) is 9.96. The van der Waals surface area contributed by atoms with E-state index in [4.69, 9.17) is 15.9 Å². The Hall–Kier alpha value is -4.96. The molecule has 1 fully saturated rings. The van der Waals surface area contributed by atoms with Gasteiger partial charge in [-0.25, -0.2) is 0 Å². The predicted octanol–water partition coefficient (Wildman–Crippen LogP) is 4.26. The van der Waals surface area contributed by atoms with E-state index in [1.165, 1.54) is 11.3 Å². The van der Waals surface area contributed by atoms with E-state index >= 15 is 0 Å². The fraction of sp³-hybridized carbons (Fsp3) is 0.188. The van der Waals surface area contributed by atoms with Crippen molar-refractivity contribution in [2.75, 3.05) is 13.1 Å². The average molecular weight is 582 g/mol. The van der Waals surface area contributed by atoms with Crippen LogP contribution in [-0.4, -0.2) is 47.6 Å². The number of ether oxygens (including phenoxy) is 1. The summed E-state index contributed by atoms with van der Waals surface area (Å²) < 4.78 is 5.77. The van der Waals surface area contributed by atoms with Gasteiger partial charge in [-0.2, -0.15) is 0 Å². The smallest absolute Gasteiger partial charge is 0.251 e. The summed E-state index contributed by atoms with van der Waals surface area (Å²) in [7, 11) is 0. The van der Waals surface area contributed by atoms with Gasteiger partial charge >= 0.3 is 0 Å². The molecule has 1 aromatic heterocycles. The number of rotatable bonds is 10. The average Bonchev–Trinajstić information content (AvgIpc) is 3.68. The van der Waals surface area contributed by atoms with Crippen LogP contribution in [0.5, 0.6) is 11.5 Å². The lowest BCUT2D eigenvalue weighted by molar-refractivity contribution is -0.137. The fourth-order valence-electron chi connectivity index (χ4n) is 4.89. The van der Waals surface area contributed by atoms with Crippen molar-refractivity contribution >= 4 is 34.9 Å². The summed E-state index contributed by atoms with van der Waals surface area (Å²) >= 11 is 1.41. The van der Waals surface area contributed by atoms with E-state index in [9.17, 15) is 14.4 Å². The maximum atomic E-state index is 13.4. The van der Waals surface area contributed by atoms with Gasteiger partial charge in [0, 0.05) is 33.8 Å². The van der Waals surface area contributed by atoms with Gasteiger partial charge in [-0.15, -0.1) is 11.3 Å². The minimum atomic E-state index is -0.679. The predicted molar refractivity (Wildman–Crippen MR) is 162 cm³/mol. The SMILES string of the molecule is N=C(N)c1csc(CNC(=O)C2C[C@H](c3ccccc3)CN2C(=O)CNC(=O)c2ccc(Oc3ccccc3)cc2)c1. The van der Waals surface area contributed by atoms with Crippen LogP contribution in [-0.2, 0) is 16.1 Å². The van der Waals surface area contributed by atoms with Gasteiger partial charge in [0.15, 0.2) is 0 Å². The Bertz CT molecular complexity index is 1560. The third kappa shape index (κ3) is 7.02. The van der Waals surface area contributed by atoms with Crippen molar-refractivity contribution in [3.05, 3.63) is 118 Å². The fourth-order valence-corrected chi connectivity index (χ4v) is 5.72. The molecule has 3 amide bonds. The van der Waals surface area contributed by atoms with Crippen molar-refractivity contribution in [1.29, 1.82) is 5.41 Å². The number of hydrogen-bond acceptors (Lipinski definition) is 6. The van der Waals surface area contributed by atoms with Crippen LogP contribution in [0.1, 0.15) is 38.7 Å². The van der Waals surface area contributed by atoms with E-state index in [0.29, 0.717) is 35.6 Å². The largest absolute Gasteiger partial charge is 0.457 e. The highest BCUT2D eigenvalue weighted by atomic mass is 32.1. The molecule has 214 valence electrons. The maximum Gasteiger partial charge on any atom is 0.251 e. The van der Waals surface area contributed by atoms with Gasteiger partial charge in [0.25, 0.3) is 5.91 Å². The molecule has 1 saturated heterocycles. The first-order valence-corrected chi connectivity index (χ1v) is 14.4. The number of hydrogen-bond donors (Lipinski definition) is 4. The number of nitrogen functional groups attached to an aromatic ring is 1. The first-order chi connectivity index (χ1) is 20.4. The van der Waals surface area contributed by atoms with Gasteiger partial charge in [-0.1, -0.05) is 48.5 Å². The molecule has 1 aliphatic rings. The van der Waals surface area contributed by atoms with Crippen molar-refractivity contribution in [2.24, 2.45) is 5.73 Å². The third-order valence-corrected chi connectivity index (χ3v) is 8.03. The zero-order valence-corrected chi connectivity index (χ0v) is 23.6. The summed E-state index contributed by atoms with van der Waals surface area (Å²) in [5, 5.41) is 15.0. The summed E-state index contributed by atoms with van der Waals surface area (Å²) in [5.41, 5.74) is 7.60. The number of nitrogens with one attached hydrogen (secondary N) is 3. The number of amidine groups is 1. The molecular weight excluding hydrogens is 550 g/mol. The Balaban J connectivity index is 1.21. The van der Waals surface area contributed by atoms with E-state index in [0.717, 1.165) is 10.4 Å². The van der Waals surface area contributed by atoms with Crippen LogP contribution in [0.25, 0.3) is 0 Å². The van der Waals surface area contributed by atoms with E-state index in [-0.39, 0.29) is 36.7 Å². The number of carbonyl (C=O) groups excluding carboxylic acids is 3. The molecule has 42 heavy (non-hydrogen) atoms. The lowest BCUT2D eigenvalue weighted by Crippen LogP contribution is -2.48. The number of nitrogens with zero attached hydrogens (tertiary/aromatic N) is 1. The number of benzene rings is 3. The van der Waals surface area contributed by atoms with Crippen LogP contribution in [0.3, 0.4) is 0 Å². The second kappa shape index (κ2) is 13.1. The number of carbonyl (C=O) groups is 3. The van der Waals surface area contributed by atoms with E-state index < -0.39 is 11.9 Å². The molecule has 2 heterocycles. The Morgan fingerprint density at radius 2 is 1.57 bits per heavy atom. The van der Waals surface area contributed by atoms with Crippen LogP contribution in [0.4, 0.5) is 0 Å². The Morgan fingerprint density at radius 3 is 2.24 bits per heavy atom. The van der Waals surface area contributed by atoms with E-state index in [1.807, 2.05) is 60.7 Å². The standard InChI is InChI=1S/C32H31N5O4S/c33-30(34)24-15-27(42-20-24)17-35-32(40)28-16-23(21-7-3-1-4-8-21)19-37(28)29(38)18-36-31(39)22-11-13-26(14-12-22)41-25-9-5-2-6-10-25/h1-15,20,23,28H,16-19H2,(H3,33,34)(H,35,40)(H,36,39)/t23-,28?/m0/s1. The molecule has 9 nitrogen and oxygen atoms in total. The van der Waals surface area contributed by atoms with Gasteiger partial charge in [-0.3, -0.25) is 19.8 Å². The molecule has 0 bridgehead atoms. The molecule has 10 heteroatoms. The molecule has 0 saturated carbocycles. The molecule has 5 rings (SSSR count).